The Morgan fingerprint density at radius 1 is 1.13 bits per heavy atom. The van der Waals surface area contributed by atoms with E-state index in [1.54, 1.807) is 25.1 Å². The fourth-order valence-electron chi connectivity index (χ4n) is 4.54. The highest BCUT2D eigenvalue weighted by Gasteiger charge is 2.33. The highest BCUT2D eigenvalue weighted by molar-refractivity contribution is 5.96. The zero-order chi connectivity index (χ0) is 26.8. The van der Waals surface area contributed by atoms with Gasteiger partial charge in [0, 0.05) is 28.1 Å². The van der Waals surface area contributed by atoms with Gasteiger partial charge in [0.15, 0.2) is 0 Å². The van der Waals surface area contributed by atoms with Crippen molar-refractivity contribution < 1.29 is 27.8 Å². The summed E-state index contributed by atoms with van der Waals surface area (Å²) in [5.74, 6) is -0.545. The first-order valence-corrected chi connectivity index (χ1v) is 12.2. The van der Waals surface area contributed by atoms with Crippen molar-refractivity contribution in [2.24, 2.45) is 5.73 Å². The molecule has 2 heterocycles. The molecule has 0 bridgehead atoms. The average molecular weight is 513 g/mol. The van der Waals surface area contributed by atoms with E-state index in [0.717, 1.165) is 18.4 Å². The predicted octanol–water partition coefficient (Wildman–Crippen LogP) is 6.50. The largest absolute Gasteiger partial charge is 0.493 e. The van der Waals surface area contributed by atoms with E-state index in [1.807, 2.05) is 24.3 Å². The maximum atomic E-state index is 13.7. The minimum Gasteiger partial charge on any atom is -0.493 e. The van der Waals surface area contributed by atoms with Crippen LogP contribution in [0.15, 0.2) is 76.5 Å². The lowest BCUT2D eigenvalue weighted by molar-refractivity contribution is 0.0702. The van der Waals surface area contributed by atoms with Crippen LogP contribution < -0.4 is 19.9 Å². The minimum absolute atomic E-state index is 0.0218. The number of rotatable bonds is 7. The topological polar surface area (TPSA) is 108 Å². The smallest absolute Gasteiger partial charge is 0.379 e. The lowest BCUT2D eigenvalue weighted by Crippen LogP contribution is -2.21. The fraction of sp³-hybridized carbons (Fsp3) is 0.200. The van der Waals surface area contributed by atoms with Gasteiger partial charge >= 0.3 is 5.97 Å². The Morgan fingerprint density at radius 2 is 1.95 bits per heavy atom. The van der Waals surface area contributed by atoms with Crippen LogP contribution in [0.3, 0.4) is 0 Å². The third kappa shape index (κ3) is 4.55. The van der Waals surface area contributed by atoms with E-state index in [-0.39, 0.29) is 23.0 Å². The summed E-state index contributed by atoms with van der Waals surface area (Å²) in [6, 6.07) is 18.6. The number of unbranched alkanes of at least 4 members (excludes halogenated alkanes) is 1. The monoisotopic (exact) mass is 512 g/mol. The number of nitrogens with zero attached hydrogens (tertiary/aromatic N) is 1. The number of furan rings is 1. The van der Waals surface area contributed by atoms with E-state index in [1.165, 1.54) is 18.2 Å². The number of hydrogen-bond donors (Lipinski definition) is 1. The molecule has 8 heteroatoms. The zero-order valence-corrected chi connectivity index (χ0v) is 20.9. The molecule has 7 nitrogen and oxygen atoms in total. The van der Waals surface area contributed by atoms with Crippen LogP contribution in [-0.4, -0.2) is 12.6 Å². The fourth-order valence-corrected chi connectivity index (χ4v) is 4.54. The van der Waals surface area contributed by atoms with Crippen LogP contribution in [0.2, 0.25) is 0 Å². The second-order valence-corrected chi connectivity index (χ2v) is 8.95. The van der Waals surface area contributed by atoms with Gasteiger partial charge in [0.2, 0.25) is 11.6 Å². The molecule has 1 aromatic heterocycles. The molecule has 192 valence electrons. The molecular formula is C30H25FN2O5. The summed E-state index contributed by atoms with van der Waals surface area (Å²) in [5, 5.41) is 10.4. The molecular weight excluding hydrogens is 487 g/mol. The molecule has 2 N–H and O–H groups in total. The van der Waals surface area contributed by atoms with E-state index in [2.05, 4.69) is 13.0 Å². The number of nitriles is 1. The minimum atomic E-state index is -0.734. The van der Waals surface area contributed by atoms with Crippen LogP contribution >= 0.6 is 0 Å². The van der Waals surface area contributed by atoms with Gasteiger partial charge in [0.1, 0.15) is 40.3 Å². The Morgan fingerprint density at radius 3 is 2.74 bits per heavy atom. The Labute approximate surface area is 218 Å². The lowest BCUT2D eigenvalue weighted by atomic mass is 9.83. The van der Waals surface area contributed by atoms with Crippen LogP contribution in [0.25, 0.3) is 11.0 Å². The van der Waals surface area contributed by atoms with E-state index in [0.29, 0.717) is 40.2 Å². The summed E-state index contributed by atoms with van der Waals surface area (Å²) in [7, 11) is 0. The molecule has 0 saturated carbocycles. The Balaban J connectivity index is 1.48. The molecule has 1 aliphatic heterocycles. The summed E-state index contributed by atoms with van der Waals surface area (Å²) in [4.78, 5) is 12.9. The van der Waals surface area contributed by atoms with Gasteiger partial charge in [-0.2, -0.15) is 5.26 Å². The normalized spacial score (nSPS) is 14.5. The molecule has 4 aromatic rings. The van der Waals surface area contributed by atoms with Crippen LogP contribution in [0, 0.1) is 24.1 Å². The van der Waals surface area contributed by atoms with Gasteiger partial charge in [0.25, 0.3) is 0 Å². The van der Waals surface area contributed by atoms with Gasteiger partial charge in [-0.25, -0.2) is 9.18 Å². The highest BCUT2D eigenvalue weighted by atomic mass is 19.1. The van der Waals surface area contributed by atoms with Crippen molar-refractivity contribution in [3.8, 4) is 23.3 Å². The molecule has 5 rings (SSSR count). The molecule has 0 amide bonds. The average Bonchev–Trinajstić information content (AvgIpc) is 3.24. The first-order valence-electron chi connectivity index (χ1n) is 12.2. The van der Waals surface area contributed by atoms with Crippen molar-refractivity contribution >= 4 is 16.9 Å². The van der Waals surface area contributed by atoms with Crippen LogP contribution in [0.1, 0.15) is 52.9 Å². The van der Waals surface area contributed by atoms with Gasteiger partial charge in [-0.05, 0) is 43.7 Å². The van der Waals surface area contributed by atoms with E-state index < -0.39 is 17.7 Å². The molecule has 1 atom stereocenters. The summed E-state index contributed by atoms with van der Waals surface area (Å²) in [6.45, 7) is 4.30. The third-order valence-corrected chi connectivity index (χ3v) is 6.47. The van der Waals surface area contributed by atoms with Crippen LogP contribution in [0.5, 0.6) is 17.2 Å². The SMILES string of the molecule is CCCCOc1ccccc1C1C(C#N)=C(N)Oc2cc(OC(=O)c3oc4ccc(F)cc4c3C)ccc21. The first kappa shape index (κ1) is 24.9. The zero-order valence-electron chi connectivity index (χ0n) is 20.9. The van der Waals surface area contributed by atoms with Crippen molar-refractivity contribution in [3.63, 3.8) is 0 Å². The molecule has 0 fully saturated rings. The maximum Gasteiger partial charge on any atom is 0.379 e. The van der Waals surface area contributed by atoms with E-state index >= 15 is 0 Å². The predicted molar refractivity (Wildman–Crippen MR) is 138 cm³/mol. The number of aryl methyl sites for hydroxylation is 1. The number of ether oxygens (including phenoxy) is 3. The number of carbonyl (C=O) groups is 1. The maximum absolute atomic E-state index is 13.7. The van der Waals surface area contributed by atoms with Crippen molar-refractivity contribution in [1.82, 2.24) is 0 Å². The number of para-hydroxylation sites is 1. The molecule has 38 heavy (non-hydrogen) atoms. The van der Waals surface area contributed by atoms with Crippen molar-refractivity contribution in [1.29, 1.82) is 5.26 Å². The molecule has 3 aromatic carbocycles. The van der Waals surface area contributed by atoms with Gasteiger partial charge in [-0.15, -0.1) is 0 Å². The molecule has 0 spiro atoms. The van der Waals surface area contributed by atoms with Gasteiger partial charge < -0.3 is 24.4 Å². The number of esters is 1. The Bertz CT molecular complexity index is 1610. The van der Waals surface area contributed by atoms with Crippen molar-refractivity contribution in [2.45, 2.75) is 32.6 Å². The van der Waals surface area contributed by atoms with E-state index in [9.17, 15) is 14.4 Å². The number of nitrogens with two attached hydrogens (primary N) is 1. The second kappa shape index (κ2) is 10.3. The molecule has 1 aliphatic rings. The highest BCUT2D eigenvalue weighted by Crippen LogP contribution is 2.46. The number of hydrogen-bond acceptors (Lipinski definition) is 7. The van der Waals surface area contributed by atoms with E-state index in [4.69, 9.17) is 24.4 Å². The Kier molecular flexibility index (Phi) is 6.75. The quantitative estimate of drug-likeness (QED) is 0.171. The summed E-state index contributed by atoms with van der Waals surface area (Å²) in [5.41, 5.74) is 8.74. The third-order valence-electron chi connectivity index (χ3n) is 6.47. The Hall–Kier alpha value is -4.77. The summed E-state index contributed by atoms with van der Waals surface area (Å²) >= 11 is 0. The molecule has 0 saturated heterocycles. The molecule has 0 aliphatic carbocycles. The molecule has 1 unspecified atom stereocenters. The number of benzene rings is 3. The number of allylic oxidation sites excluding steroid dienone is 1. The number of fused-ring (bicyclic) bond motifs is 2. The van der Waals surface area contributed by atoms with Crippen molar-refractivity contribution in [3.05, 3.63) is 100 Å². The summed E-state index contributed by atoms with van der Waals surface area (Å²) < 4.78 is 36.7. The lowest BCUT2D eigenvalue weighted by Gasteiger charge is -2.28. The standard InChI is InChI=1S/C30H25FN2O5/c1-3-4-13-35-24-8-6-5-7-20(24)27-21-11-10-19(15-26(21)38-29(33)23(27)16-32)36-30(34)28-17(2)22-14-18(31)9-12-25(22)37-28/h5-12,14-15,27H,3-4,13,33H2,1-2H3. The van der Waals surface area contributed by atoms with Gasteiger partial charge in [-0.3, -0.25) is 0 Å². The first-order chi connectivity index (χ1) is 18.4. The number of halogens is 1. The van der Waals surface area contributed by atoms with Gasteiger partial charge in [0.05, 0.1) is 12.5 Å². The molecule has 0 radical (unpaired) electrons. The number of carbonyl (C=O) groups excluding carboxylic acids is 1. The van der Waals surface area contributed by atoms with Crippen molar-refractivity contribution in [2.75, 3.05) is 6.61 Å². The van der Waals surface area contributed by atoms with Gasteiger partial charge in [-0.1, -0.05) is 37.6 Å². The summed E-state index contributed by atoms with van der Waals surface area (Å²) in [6.07, 6.45) is 1.89. The van der Waals surface area contributed by atoms with Crippen LogP contribution in [-0.2, 0) is 0 Å². The second-order valence-electron chi connectivity index (χ2n) is 8.95. The van der Waals surface area contributed by atoms with Crippen LogP contribution in [0.4, 0.5) is 4.39 Å².